The summed E-state index contributed by atoms with van der Waals surface area (Å²) in [5.41, 5.74) is 6.78. The topological polar surface area (TPSA) is 89.4 Å². The molecule has 0 bridgehead atoms. The maximum absolute atomic E-state index is 12.1. The van der Waals surface area contributed by atoms with Gasteiger partial charge >= 0.3 is 0 Å². The molecule has 3 rings (SSSR count). The summed E-state index contributed by atoms with van der Waals surface area (Å²) < 4.78 is 5.54. The first-order chi connectivity index (χ1) is 9.38. The fourth-order valence-corrected chi connectivity index (χ4v) is 2.41. The van der Waals surface area contributed by atoms with Crippen molar-refractivity contribution in [1.29, 1.82) is 0 Å². The number of oxazole rings is 1. The number of rotatable bonds is 2. The number of nitrogens with zero attached hydrogens (tertiary/aromatic N) is 2. The van der Waals surface area contributed by atoms with Crippen LogP contribution in [0.4, 0.5) is 5.69 Å². The fourth-order valence-electron chi connectivity index (χ4n) is 2.41. The number of likely N-dealkylation sites (tertiary alicyclic amines) is 1. The Labute approximate surface area is 115 Å². The Morgan fingerprint density at radius 2 is 2.15 bits per heavy atom. The first kappa shape index (κ1) is 12.7. The maximum atomic E-state index is 12.1. The van der Waals surface area contributed by atoms with Crippen LogP contribution in [0.15, 0.2) is 22.6 Å². The van der Waals surface area contributed by atoms with Gasteiger partial charge < -0.3 is 10.2 Å². The van der Waals surface area contributed by atoms with Crippen LogP contribution in [0.2, 0.25) is 0 Å². The van der Waals surface area contributed by atoms with Crippen molar-refractivity contribution >= 4 is 28.6 Å². The summed E-state index contributed by atoms with van der Waals surface area (Å²) in [5.74, 6) is -0.0785. The number of carbonyl (C=O) groups is 2. The van der Waals surface area contributed by atoms with Gasteiger partial charge in [0.15, 0.2) is 5.58 Å². The van der Waals surface area contributed by atoms with Gasteiger partial charge in [-0.25, -0.2) is 4.98 Å². The molecule has 6 nitrogen and oxygen atoms in total. The summed E-state index contributed by atoms with van der Waals surface area (Å²) in [7, 11) is 0. The lowest BCUT2D eigenvalue weighted by atomic mass is 9.92. The average molecular weight is 273 g/mol. The number of anilines is 1. The first-order valence-corrected chi connectivity index (χ1v) is 6.37. The second-order valence-corrected chi connectivity index (χ2v) is 5.65. The number of hydrogen-bond acceptors (Lipinski definition) is 5. The smallest absolute Gasteiger partial charge is 0.235 e. The van der Waals surface area contributed by atoms with Crippen LogP contribution in [0.1, 0.15) is 26.2 Å². The standard InChI is InChI=1S/C14H15N3O3/c1-14(2)6-11(18)17(13(14)19)7-10-16-12-8(15)4-3-5-9(12)20-10/h3-5H,6-7,15H2,1-2H3. The van der Waals surface area contributed by atoms with Crippen molar-refractivity contribution in [2.24, 2.45) is 5.41 Å². The van der Waals surface area contributed by atoms with Gasteiger partial charge in [0.05, 0.1) is 11.1 Å². The van der Waals surface area contributed by atoms with Crippen LogP contribution >= 0.6 is 0 Å². The average Bonchev–Trinajstić information content (AvgIpc) is 2.85. The zero-order valence-corrected chi connectivity index (χ0v) is 11.3. The quantitative estimate of drug-likeness (QED) is 0.664. The molecule has 2 aromatic rings. The second kappa shape index (κ2) is 4.06. The molecule has 0 atom stereocenters. The van der Waals surface area contributed by atoms with E-state index in [4.69, 9.17) is 10.2 Å². The van der Waals surface area contributed by atoms with Gasteiger partial charge in [0.25, 0.3) is 0 Å². The maximum Gasteiger partial charge on any atom is 0.235 e. The normalized spacial score (nSPS) is 18.2. The van der Waals surface area contributed by atoms with Gasteiger partial charge in [0.1, 0.15) is 12.1 Å². The van der Waals surface area contributed by atoms with Gasteiger partial charge in [-0.2, -0.15) is 0 Å². The Hall–Kier alpha value is -2.37. The number of nitrogens with two attached hydrogens (primary N) is 1. The molecule has 1 aliphatic rings. The molecule has 1 saturated heterocycles. The molecule has 0 unspecified atom stereocenters. The van der Waals surface area contributed by atoms with E-state index in [1.54, 1.807) is 32.0 Å². The van der Waals surface area contributed by atoms with Crippen molar-refractivity contribution in [2.45, 2.75) is 26.8 Å². The van der Waals surface area contributed by atoms with Crippen LogP contribution < -0.4 is 5.73 Å². The lowest BCUT2D eigenvalue weighted by molar-refractivity contribution is -0.141. The highest BCUT2D eigenvalue weighted by Crippen LogP contribution is 2.33. The summed E-state index contributed by atoms with van der Waals surface area (Å²) in [6, 6.07) is 5.24. The number of aromatic nitrogens is 1. The van der Waals surface area contributed by atoms with Crippen molar-refractivity contribution in [2.75, 3.05) is 5.73 Å². The zero-order chi connectivity index (χ0) is 14.5. The molecule has 20 heavy (non-hydrogen) atoms. The van der Waals surface area contributed by atoms with E-state index in [1.165, 1.54) is 4.90 Å². The number of amides is 2. The van der Waals surface area contributed by atoms with E-state index in [0.717, 1.165) is 0 Å². The molecule has 1 aliphatic heterocycles. The lowest BCUT2D eigenvalue weighted by Crippen LogP contribution is -2.32. The van der Waals surface area contributed by atoms with E-state index in [-0.39, 0.29) is 24.8 Å². The number of para-hydroxylation sites is 1. The summed E-state index contributed by atoms with van der Waals surface area (Å²) in [6.07, 6.45) is 0.216. The zero-order valence-electron chi connectivity index (χ0n) is 11.3. The largest absolute Gasteiger partial charge is 0.439 e. The lowest BCUT2D eigenvalue weighted by Gasteiger charge is -2.15. The van der Waals surface area contributed by atoms with Gasteiger partial charge in [0, 0.05) is 6.42 Å². The third kappa shape index (κ3) is 1.84. The van der Waals surface area contributed by atoms with E-state index < -0.39 is 5.41 Å². The van der Waals surface area contributed by atoms with Gasteiger partial charge in [-0.3, -0.25) is 14.5 Å². The van der Waals surface area contributed by atoms with Crippen LogP contribution in [0, 0.1) is 5.41 Å². The molecule has 2 amide bonds. The van der Waals surface area contributed by atoms with E-state index in [1.807, 2.05) is 0 Å². The van der Waals surface area contributed by atoms with Crippen LogP contribution in [0.25, 0.3) is 11.1 Å². The number of nitrogen functional groups attached to an aromatic ring is 1. The van der Waals surface area contributed by atoms with Gasteiger partial charge in [0.2, 0.25) is 17.7 Å². The number of imide groups is 1. The van der Waals surface area contributed by atoms with Crippen molar-refractivity contribution < 1.29 is 14.0 Å². The highest BCUT2D eigenvalue weighted by atomic mass is 16.3. The predicted molar refractivity (Wildman–Crippen MR) is 72.4 cm³/mol. The monoisotopic (exact) mass is 273 g/mol. The molecule has 2 N–H and O–H groups in total. The van der Waals surface area contributed by atoms with E-state index in [0.29, 0.717) is 22.7 Å². The molecule has 104 valence electrons. The van der Waals surface area contributed by atoms with Gasteiger partial charge in [-0.05, 0) is 12.1 Å². The molecule has 0 radical (unpaired) electrons. The van der Waals surface area contributed by atoms with E-state index >= 15 is 0 Å². The molecule has 1 aromatic heterocycles. The van der Waals surface area contributed by atoms with Crippen LogP contribution in [-0.2, 0) is 16.1 Å². The number of carbonyl (C=O) groups excluding carboxylic acids is 2. The molecular weight excluding hydrogens is 258 g/mol. The van der Waals surface area contributed by atoms with Crippen LogP contribution in [-0.4, -0.2) is 21.7 Å². The first-order valence-electron chi connectivity index (χ1n) is 6.37. The van der Waals surface area contributed by atoms with E-state index in [2.05, 4.69) is 4.98 Å². The van der Waals surface area contributed by atoms with Crippen molar-refractivity contribution in [3.63, 3.8) is 0 Å². The highest BCUT2D eigenvalue weighted by Gasteiger charge is 2.45. The van der Waals surface area contributed by atoms with Crippen LogP contribution in [0.5, 0.6) is 0 Å². The third-order valence-corrected chi connectivity index (χ3v) is 3.51. The van der Waals surface area contributed by atoms with Crippen molar-refractivity contribution in [3.05, 3.63) is 24.1 Å². The predicted octanol–water partition coefficient (Wildman–Crippen LogP) is 1.70. The molecule has 0 aliphatic carbocycles. The molecule has 2 heterocycles. The highest BCUT2D eigenvalue weighted by molar-refractivity contribution is 6.05. The Bertz CT molecular complexity index is 718. The Kier molecular flexibility index (Phi) is 2.57. The van der Waals surface area contributed by atoms with Crippen LogP contribution in [0.3, 0.4) is 0 Å². The molecular formula is C14H15N3O3. The van der Waals surface area contributed by atoms with E-state index in [9.17, 15) is 9.59 Å². The van der Waals surface area contributed by atoms with Gasteiger partial charge in [-0.15, -0.1) is 0 Å². The summed E-state index contributed by atoms with van der Waals surface area (Å²) in [4.78, 5) is 29.5. The molecule has 1 aromatic carbocycles. The summed E-state index contributed by atoms with van der Waals surface area (Å²) in [6.45, 7) is 3.57. The third-order valence-electron chi connectivity index (χ3n) is 3.51. The number of fused-ring (bicyclic) bond motifs is 1. The minimum absolute atomic E-state index is 0.0508. The number of hydrogen-bond donors (Lipinski definition) is 1. The summed E-state index contributed by atoms with van der Waals surface area (Å²) >= 11 is 0. The Balaban J connectivity index is 1.92. The van der Waals surface area contributed by atoms with Gasteiger partial charge in [-0.1, -0.05) is 19.9 Å². The molecule has 6 heteroatoms. The minimum atomic E-state index is -0.651. The molecule has 0 spiro atoms. The Morgan fingerprint density at radius 1 is 1.40 bits per heavy atom. The minimum Gasteiger partial charge on any atom is -0.439 e. The summed E-state index contributed by atoms with van der Waals surface area (Å²) in [5, 5.41) is 0. The van der Waals surface area contributed by atoms with Crippen molar-refractivity contribution in [3.8, 4) is 0 Å². The Morgan fingerprint density at radius 3 is 2.75 bits per heavy atom. The fraction of sp³-hybridized carbons (Fsp3) is 0.357. The SMILES string of the molecule is CC1(C)CC(=O)N(Cc2nc3c(N)cccc3o2)C1=O. The van der Waals surface area contributed by atoms with Crippen molar-refractivity contribution in [1.82, 2.24) is 9.88 Å². The molecule has 1 fully saturated rings. The molecule has 0 saturated carbocycles. The number of benzene rings is 1. The second-order valence-electron chi connectivity index (χ2n) is 5.65.